The van der Waals surface area contributed by atoms with Crippen LogP contribution in [0.1, 0.15) is 0 Å². The highest BCUT2D eigenvalue weighted by Gasteiger charge is 2.60. The summed E-state index contributed by atoms with van der Waals surface area (Å²) in [6.45, 7) is 0. The van der Waals surface area contributed by atoms with Crippen molar-refractivity contribution in [2.45, 2.75) is 11.0 Å². The number of rotatable bonds is 6. The van der Waals surface area contributed by atoms with Gasteiger partial charge in [-0.2, -0.15) is 0 Å². The third-order valence-electron chi connectivity index (χ3n) is 2.09. The molecule has 0 saturated carbocycles. The molecule has 0 rings (SSSR count). The van der Waals surface area contributed by atoms with Crippen LogP contribution in [0.3, 0.4) is 0 Å². The molecule has 0 fully saturated rings. The lowest BCUT2D eigenvalue weighted by Gasteiger charge is -2.32. The summed E-state index contributed by atoms with van der Waals surface area (Å²) in [5.74, 6) is 0. The van der Waals surface area contributed by atoms with E-state index in [-0.39, 0.29) is 0 Å². The van der Waals surface area contributed by atoms with Gasteiger partial charge in [0, 0.05) is 0 Å². The molecule has 13 nitrogen and oxygen atoms in total. The molecule has 0 aromatic carbocycles. The molecule has 0 radical (unpaired) electrons. The van der Waals surface area contributed by atoms with Crippen molar-refractivity contribution in [3.63, 3.8) is 0 Å². The lowest BCUT2D eigenvalue weighted by atomic mass is 11.0. The van der Waals surface area contributed by atoms with Crippen molar-refractivity contribution in [3.8, 4) is 0 Å². The monoisotopic (exact) mass is 380 g/mol. The molecule has 0 spiro atoms. The number of hydrogen-bond donors (Lipinski definition) is 9. The Morgan fingerprint density at radius 2 is 0.750 bits per heavy atom. The van der Waals surface area contributed by atoms with Gasteiger partial charge in [0.15, 0.2) is 0 Å². The summed E-state index contributed by atoms with van der Waals surface area (Å²) in [5, 5.41) is 0. The Bertz CT molecular complexity index is 441. The zero-order chi connectivity index (χ0) is 16.7. The summed E-state index contributed by atoms with van der Waals surface area (Å²) >= 11 is 0. The molecule has 0 saturated heterocycles. The van der Waals surface area contributed by atoms with Crippen LogP contribution in [-0.4, -0.2) is 57.2 Å². The van der Waals surface area contributed by atoms with Gasteiger partial charge >= 0.3 is 30.4 Å². The lowest BCUT2D eigenvalue weighted by Crippen LogP contribution is -3.15. The number of quaternary nitrogens is 1. The van der Waals surface area contributed by atoms with E-state index in [1.807, 2.05) is 0 Å². The van der Waals surface area contributed by atoms with Crippen molar-refractivity contribution in [2.75, 3.05) is 7.05 Å². The Balaban J connectivity index is 6.08. The zero-order valence-corrected chi connectivity index (χ0v) is 13.2. The molecule has 0 atom stereocenters. The van der Waals surface area contributed by atoms with E-state index in [0.29, 0.717) is 7.05 Å². The quantitative estimate of drug-likeness (QED) is 0.207. The Labute approximate surface area is 111 Å². The minimum atomic E-state index is -5.63. The second-order valence-corrected chi connectivity index (χ2v) is 11.4. The third kappa shape index (κ3) is 5.40. The normalized spacial score (nSPS) is 15.4. The summed E-state index contributed by atoms with van der Waals surface area (Å²) in [6, 6.07) is 0. The van der Waals surface area contributed by atoms with Crippen LogP contribution in [0.25, 0.3) is 0 Å². The van der Waals surface area contributed by atoms with Gasteiger partial charge in [0.25, 0.3) is 11.0 Å². The first-order valence-electron chi connectivity index (χ1n) is 4.44. The van der Waals surface area contributed by atoms with Gasteiger partial charge in [-0.25, -0.2) is 0 Å². The van der Waals surface area contributed by atoms with Crippen LogP contribution in [0, 0.1) is 0 Å². The minimum Gasteiger partial charge on any atom is -0.320 e. The summed E-state index contributed by atoms with van der Waals surface area (Å²) < 4.78 is 44.2. The average Bonchev–Trinajstić information content (AvgIpc) is 1.88. The van der Waals surface area contributed by atoms with E-state index in [4.69, 9.17) is 39.1 Å². The van der Waals surface area contributed by atoms with Gasteiger partial charge in [-0.3, -0.25) is 23.2 Å². The SMILES string of the molecule is C[NH+](C(P(=O)(O)O)P(=O)(O)O)C(P(=O)(O)O)P(=O)(O)O. The molecule has 9 N–H and O–H groups in total. The van der Waals surface area contributed by atoms with Crippen molar-refractivity contribution in [2.24, 2.45) is 0 Å². The number of hydrogen-bond acceptors (Lipinski definition) is 4. The van der Waals surface area contributed by atoms with Crippen LogP contribution < -0.4 is 4.90 Å². The molecule has 0 aliphatic heterocycles. The topological polar surface area (TPSA) is 235 Å². The van der Waals surface area contributed by atoms with Gasteiger partial charge in [-0.05, 0) is 0 Å². The van der Waals surface area contributed by atoms with Gasteiger partial charge in [0.05, 0.1) is 7.05 Å². The Hall–Kier alpha value is 0.560. The first kappa shape index (κ1) is 20.6. The predicted molar refractivity (Wildman–Crippen MR) is 62.6 cm³/mol. The second-order valence-electron chi connectivity index (χ2n) is 3.85. The molecule has 0 amide bonds. The molecule has 0 aromatic rings. The molecule has 0 aliphatic carbocycles. The first-order valence-corrected chi connectivity index (χ1v) is 11.2. The molecular formula is C3H14NO12P4+. The zero-order valence-electron chi connectivity index (χ0n) is 9.65. The van der Waals surface area contributed by atoms with Gasteiger partial charge < -0.3 is 39.1 Å². The molecule has 20 heavy (non-hydrogen) atoms. The highest BCUT2D eigenvalue weighted by Crippen LogP contribution is 2.61. The molecule has 0 unspecified atom stereocenters. The van der Waals surface area contributed by atoms with Gasteiger partial charge in [0.2, 0.25) is 0 Å². The van der Waals surface area contributed by atoms with Gasteiger partial charge in [-0.15, -0.1) is 0 Å². The van der Waals surface area contributed by atoms with E-state index in [1.165, 1.54) is 0 Å². The van der Waals surface area contributed by atoms with Crippen LogP contribution in [0.2, 0.25) is 0 Å². The molecule has 17 heteroatoms. The Kier molecular flexibility index (Phi) is 6.15. The minimum absolute atomic E-state index is 0.450. The van der Waals surface area contributed by atoms with E-state index >= 15 is 0 Å². The molecule has 122 valence electrons. The van der Waals surface area contributed by atoms with Crippen LogP contribution >= 0.6 is 30.4 Å². The van der Waals surface area contributed by atoms with E-state index in [2.05, 4.69) is 0 Å². The highest BCUT2D eigenvalue weighted by molar-refractivity contribution is 7.71. The fourth-order valence-corrected chi connectivity index (χ4v) is 7.91. The molecule has 0 aromatic heterocycles. The van der Waals surface area contributed by atoms with Crippen LogP contribution in [0.15, 0.2) is 0 Å². The predicted octanol–water partition coefficient (Wildman–Crippen LogP) is -3.22. The number of nitrogens with one attached hydrogen (secondary N) is 1. The summed E-state index contributed by atoms with van der Waals surface area (Å²) in [5.41, 5.74) is -6.06. The summed E-state index contributed by atoms with van der Waals surface area (Å²) in [6.07, 6.45) is 0. The standard InChI is InChI=1S/C3H13NO12P4/c1-4(2(17(5,6)7)18(8,9)10)3(19(11,12)13)20(14,15)16/h2-3H,1H3,(H2,5,6,7)(H2,8,9,10)(H2,11,12,13)(H2,14,15,16)/p+1. The second kappa shape index (κ2) is 5.98. The average molecular weight is 380 g/mol. The maximum atomic E-state index is 11.1. The molecular weight excluding hydrogens is 366 g/mol. The first-order chi connectivity index (χ1) is 8.40. The molecule has 0 aliphatic rings. The van der Waals surface area contributed by atoms with Crippen molar-refractivity contribution in [1.29, 1.82) is 0 Å². The maximum absolute atomic E-state index is 11.1. The van der Waals surface area contributed by atoms with E-state index < -0.39 is 46.3 Å². The summed E-state index contributed by atoms with van der Waals surface area (Å²) in [4.78, 5) is 69.5. The van der Waals surface area contributed by atoms with Gasteiger partial charge in [0.1, 0.15) is 0 Å². The third-order valence-corrected chi connectivity index (χ3v) is 9.88. The van der Waals surface area contributed by atoms with Crippen molar-refractivity contribution in [3.05, 3.63) is 0 Å². The van der Waals surface area contributed by atoms with Crippen molar-refractivity contribution in [1.82, 2.24) is 0 Å². The van der Waals surface area contributed by atoms with Crippen LogP contribution in [0.4, 0.5) is 0 Å². The smallest absolute Gasteiger partial charge is 0.320 e. The fraction of sp³-hybridized carbons (Fsp3) is 1.00. The fourth-order valence-electron chi connectivity index (χ4n) is 1.59. The summed E-state index contributed by atoms with van der Waals surface area (Å²) in [7, 11) is -22.1. The molecule has 0 bridgehead atoms. The van der Waals surface area contributed by atoms with E-state index in [9.17, 15) is 18.3 Å². The van der Waals surface area contributed by atoms with E-state index in [0.717, 1.165) is 0 Å². The van der Waals surface area contributed by atoms with Crippen LogP contribution in [-0.2, 0) is 18.3 Å². The molecule has 0 heterocycles. The largest absolute Gasteiger partial charge is 0.395 e. The van der Waals surface area contributed by atoms with Crippen molar-refractivity contribution < 1.29 is 62.3 Å². The highest BCUT2D eigenvalue weighted by atomic mass is 31.2. The van der Waals surface area contributed by atoms with E-state index in [1.54, 1.807) is 0 Å². The van der Waals surface area contributed by atoms with Crippen molar-refractivity contribution >= 4 is 30.4 Å². The lowest BCUT2D eigenvalue weighted by molar-refractivity contribution is -0.881. The van der Waals surface area contributed by atoms with Crippen LogP contribution in [0.5, 0.6) is 0 Å². The van der Waals surface area contributed by atoms with Gasteiger partial charge in [-0.1, -0.05) is 0 Å². The maximum Gasteiger partial charge on any atom is 0.395 e. The Morgan fingerprint density at radius 3 is 0.850 bits per heavy atom. The Morgan fingerprint density at radius 1 is 0.600 bits per heavy atom.